The minimum Gasteiger partial charge on any atom is -0.0998 e. The fourth-order valence-corrected chi connectivity index (χ4v) is 9.22. The summed E-state index contributed by atoms with van der Waals surface area (Å²) >= 11 is 0. The highest BCUT2D eigenvalue weighted by Crippen LogP contribution is 2.64. The summed E-state index contributed by atoms with van der Waals surface area (Å²) in [5, 5.41) is 0. The van der Waals surface area contributed by atoms with Crippen molar-refractivity contribution in [1.29, 1.82) is 0 Å². The van der Waals surface area contributed by atoms with E-state index in [1.54, 1.807) is 0 Å². The van der Waals surface area contributed by atoms with E-state index in [4.69, 9.17) is 6.58 Å². The molecule has 2 rings (SSSR count). The van der Waals surface area contributed by atoms with Crippen molar-refractivity contribution in [2.45, 2.75) is 145 Å². The van der Waals surface area contributed by atoms with Gasteiger partial charge in [0.15, 0.2) is 0 Å². The third-order valence-electron chi connectivity index (χ3n) is 10.3. The van der Waals surface area contributed by atoms with E-state index in [0.717, 1.165) is 47.3 Å². The average molecular weight is 459 g/mol. The molecule has 0 spiro atoms. The van der Waals surface area contributed by atoms with Crippen molar-refractivity contribution in [3.05, 3.63) is 12.2 Å². The zero-order chi connectivity index (χ0) is 24.6. The lowest BCUT2D eigenvalue weighted by Gasteiger charge is -2.53. The maximum absolute atomic E-state index is 4.71. The van der Waals surface area contributed by atoms with Crippen LogP contribution in [-0.2, 0) is 0 Å². The summed E-state index contributed by atoms with van der Waals surface area (Å²) in [7, 11) is 0. The normalized spacial score (nSPS) is 32.1. The summed E-state index contributed by atoms with van der Waals surface area (Å²) in [5.74, 6) is 6.99. The summed E-state index contributed by atoms with van der Waals surface area (Å²) in [6.07, 6.45) is 20.0. The van der Waals surface area contributed by atoms with E-state index in [-0.39, 0.29) is 0 Å². The summed E-state index contributed by atoms with van der Waals surface area (Å²) in [6.45, 7) is 24.6. The van der Waals surface area contributed by atoms with Gasteiger partial charge in [-0.05, 0) is 105 Å². The van der Waals surface area contributed by atoms with Crippen LogP contribution >= 0.6 is 0 Å². The van der Waals surface area contributed by atoms with Gasteiger partial charge in [-0.1, -0.05) is 106 Å². The number of rotatable bonds is 15. The Bertz CT molecular complexity index is 560. The van der Waals surface area contributed by atoms with Gasteiger partial charge in [0.2, 0.25) is 0 Å². The average Bonchev–Trinajstić information content (AvgIpc) is 3.08. The first kappa shape index (κ1) is 29.0. The highest BCUT2D eigenvalue weighted by molar-refractivity contribution is 5.14. The second-order valence-electron chi connectivity index (χ2n) is 13.4. The smallest absolute Gasteiger partial charge is 0.0118 e. The molecule has 0 heteroatoms. The van der Waals surface area contributed by atoms with Crippen molar-refractivity contribution in [1.82, 2.24) is 0 Å². The number of unbranched alkanes of at least 4 members (excludes halogenated alkanes) is 1. The zero-order valence-corrected chi connectivity index (χ0v) is 24.2. The van der Waals surface area contributed by atoms with E-state index in [2.05, 4.69) is 55.4 Å². The Morgan fingerprint density at radius 3 is 2.24 bits per heavy atom. The van der Waals surface area contributed by atoms with Crippen molar-refractivity contribution in [2.24, 2.45) is 52.8 Å². The van der Waals surface area contributed by atoms with Crippen LogP contribution in [0.1, 0.15) is 145 Å². The molecule has 0 nitrogen and oxygen atoms in total. The molecule has 0 N–H and O–H groups in total. The van der Waals surface area contributed by atoms with Gasteiger partial charge < -0.3 is 0 Å². The van der Waals surface area contributed by atoms with Gasteiger partial charge >= 0.3 is 0 Å². The Hall–Kier alpha value is -0.260. The van der Waals surface area contributed by atoms with Gasteiger partial charge in [0.25, 0.3) is 0 Å². The SMILES string of the molecule is C=C(C)C(C(CCCC)CC(C)CC(C)CC(CC)CCC)C12CC(C)CC1CCCC2C. The minimum atomic E-state index is 0.543. The molecule has 0 bridgehead atoms. The molecule has 2 saturated carbocycles. The van der Waals surface area contributed by atoms with Crippen LogP contribution in [-0.4, -0.2) is 0 Å². The molecular weight excluding hydrogens is 396 g/mol. The van der Waals surface area contributed by atoms with Crippen LogP contribution in [0, 0.1) is 52.8 Å². The second kappa shape index (κ2) is 13.7. The number of hydrogen-bond acceptors (Lipinski definition) is 0. The number of fused-ring (bicyclic) bond motifs is 1. The zero-order valence-electron chi connectivity index (χ0n) is 24.2. The first-order chi connectivity index (χ1) is 15.7. The summed E-state index contributed by atoms with van der Waals surface area (Å²) in [5.41, 5.74) is 2.07. The Morgan fingerprint density at radius 1 is 0.939 bits per heavy atom. The summed E-state index contributed by atoms with van der Waals surface area (Å²) < 4.78 is 0. The van der Waals surface area contributed by atoms with Crippen molar-refractivity contribution in [3.63, 3.8) is 0 Å². The fraction of sp³-hybridized carbons (Fsp3) is 0.939. The molecule has 9 unspecified atom stereocenters. The van der Waals surface area contributed by atoms with Crippen LogP contribution in [0.15, 0.2) is 12.2 Å². The molecular formula is C33H62. The molecule has 0 radical (unpaired) electrons. The standard InChI is InChI=1S/C33H62/c1-10-13-17-30(21-26(7)19-25(6)20-29(12-3)15-11-2)32(24(4)5)33-23-27(8)22-31(33)18-14-16-28(33)9/h25-32H,4,10-23H2,1-3,5-9H3. The molecule has 2 aliphatic rings. The Kier molecular flexibility index (Phi) is 12.1. The third-order valence-corrected chi connectivity index (χ3v) is 10.3. The predicted molar refractivity (Wildman–Crippen MR) is 150 cm³/mol. The van der Waals surface area contributed by atoms with Crippen molar-refractivity contribution in [3.8, 4) is 0 Å². The van der Waals surface area contributed by atoms with Gasteiger partial charge in [0, 0.05) is 0 Å². The third kappa shape index (κ3) is 7.36. The largest absolute Gasteiger partial charge is 0.0998 e. The lowest BCUT2D eigenvalue weighted by atomic mass is 9.51. The topological polar surface area (TPSA) is 0 Å². The molecule has 9 atom stereocenters. The lowest BCUT2D eigenvalue weighted by Crippen LogP contribution is -2.46. The van der Waals surface area contributed by atoms with Crippen LogP contribution < -0.4 is 0 Å². The second-order valence-corrected chi connectivity index (χ2v) is 13.4. The molecule has 0 amide bonds. The minimum absolute atomic E-state index is 0.543. The molecule has 0 aromatic carbocycles. The Morgan fingerprint density at radius 2 is 1.64 bits per heavy atom. The Balaban J connectivity index is 2.20. The molecule has 194 valence electrons. The van der Waals surface area contributed by atoms with E-state index >= 15 is 0 Å². The fourth-order valence-electron chi connectivity index (χ4n) is 9.22. The molecule has 0 saturated heterocycles. The number of hydrogen-bond donors (Lipinski definition) is 0. The van der Waals surface area contributed by atoms with Crippen molar-refractivity contribution < 1.29 is 0 Å². The molecule has 33 heavy (non-hydrogen) atoms. The highest BCUT2D eigenvalue weighted by Gasteiger charge is 2.56. The number of allylic oxidation sites excluding steroid dienone is 1. The van der Waals surface area contributed by atoms with E-state index in [1.807, 2.05) is 0 Å². The van der Waals surface area contributed by atoms with Gasteiger partial charge in [0.1, 0.15) is 0 Å². The first-order valence-corrected chi connectivity index (χ1v) is 15.3. The van der Waals surface area contributed by atoms with Crippen LogP contribution in [0.25, 0.3) is 0 Å². The molecule has 0 heterocycles. The van der Waals surface area contributed by atoms with Crippen LogP contribution in [0.3, 0.4) is 0 Å². The van der Waals surface area contributed by atoms with Gasteiger partial charge in [-0.15, -0.1) is 0 Å². The van der Waals surface area contributed by atoms with Gasteiger partial charge in [-0.2, -0.15) is 0 Å². The van der Waals surface area contributed by atoms with Crippen LogP contribution in [0.4, 0.5) is 0 Å². The van der Waals surface area contributed by atoms with Gasteiger partial charge in [-0.25, -0.2) is 0 Å². The van der Waals surface area contributed by atoms with E-state index in [0.29, 0.717) is 5.41 Å². The van der Waals surface area contributed by atoms with Crippen molar-refractivity contribution >= 4 is 0 Å². The molecule has 0 aromatic rings. The summed E-state index contributed by atoms with van der Waals surface area (Å²) in [6, 6.07) is 0. The molecule has 2 fully saturated rings. The monoisotopic (exact) mass is 458 g/mol. The van der Waals surface area contributed by atoms with Crippen LogP contribution in [0.5, 0.6) is 0 Å². The van der Waals surface area contributed by atoms with Gasteiger partial charge in [-0.3, -0.25) is 0 Å². The quantitative estimate of drug-likeness (QED) is 0.214. The molecule has 0 aliphatic heterocycles. The van der Waals surface area contributed by atoms with Gasteiger partial charge in [0.05, 0.1) is 0 Å². The van der Waals surface area contributed by atoms with E-state index in [1.165, 1.54) is 95.5 Å². The maximum atomic E-state index is 4.71. The molecule has 0 aromatic heterocycles. The lowest BCUT2D eigenvalue weighted by molar-refractivity contribution is -0.0228. The Labute approximate surface area is 210 Å². The van der Waals surface area contributed by atoms with Crippen LogP contribution in [0.2, 0.25) is 0 Å². The van der Waals surface area contributed by atoms with E-state index < -0.39 is 0 Å². The van der Waals surface area contributed by atoms with E-state index in [9.17, 15) is 0 Å². The molecule has 2 aliphatic carbocycles. The maximum Gasteiger partial charge on any atom is -0.0118 e. The van der Waals surface area contributed by atoms with Crippen molar-refractivity contribution in [2.75, 3.05) is 0 Å². The highest BCUT2D eigenvalue weighted by atomic mass is 14.6. The predicted octanol–water partition coefficient (Wildman–Crippen LogP) is 11.1. The first-order valence-electron chi connectivity index (χ1n) is 15.3. The summed E-state index contributed by atoms with van der Waals surface area (Å²) in [4.78, 5) is 0.